The van der Waals surface area contributed by atoms with Gasteiger partial charge in [-0.05, 0) is 37.0 Å². The third kappa shape index (κ3) is 6.13. The summed E-state index contributed by atoms with van der Waals surface area (Å²) in [6, 6.07) is 4.55. The molecule has 2 amide bonds. The van der Waals surface area contributed by atoms with E-state index in [9.17, 15) is 18.2 Å². The second-order valence-corrected chi connectivity index (χ2v) is 8.04. The van der Waals surface area contributed by atoms with Crippen LogP contribution >= 0.6 is 0 Å². The Bertz CT molecular complexity index is 887. The number of hydrogen-bond donors (Lipinski definition) is 2. The van der Waals surface area contributed by atoms with Crippen molar-refractivity contribution in [2.75, 3.05) is 36.0 Å². The molecule has 0 aliphatic carbocycles. The molecule has 0 bridgehead atoms. The number of nitrogens with zero attached hydrogens (tertiary/aromatic N) is 3. The molecule has 1 aromatic rings. The fourth-order valence-electron chi connectivity index (χ4n) is 3.81. The van der Waals surface area contributed by atoms with Crippen LogP contribution in [0.3, 0.4) is 0 Å². The van der Waals surface area contributed by atoms with E-state index < -0.39 is 29.4 Å². The molecule has 0 saturated carbocycles. The normalized spacial score (nSPS) is 20.3. The van der Waals surface area contributed by atoms with E-state index in [1.807, 2.05) is 4.90 Å². The molecule has 2 fully saturated rings. The third-order valence-corrected chi connectivity index (χ3v) is 5.73. The van der Waals surface area contributed by atoms with Gasteiger partial charge in [-0.25, -0.2) is 9.18 Å². The summed E-state index contributed by atoms with van der Waals surface area (Å²) in [7, 11) is 0. The number of nitriles is 1. The second-order valence-electron chi connectivity index (χ2n) is 7.37. The van der Waals surface area contributed by atoms with Gasteiger partial charge in [0.15, 0.2) is 6.19 Å². The smallest absolute Gasteiger partial charge is 0.414 e. The van der Waals surface area contributed by atoms with Gasteiger partial charge in [-0.2, -0.15) is 9.47 Å². The summed E-state index contributed by atoms with van der Waals surface area (Å²) in [6.07, 6.45) is 2.44. The molecule has 2 N–H and O–H groups in total. The van der Waals surface area contributed by atoms with Crippen LogP contribution in [0.4, 0.5) is 20.6 Å². The van der Waals surface area contributed by atoms with Crippen molar-refractivity contribution in [3.8, 4) is 6.19 Å². The Kier molecular flexibility index (Phi) is 7.78. The van der Waals surface area contributed by atoms with E-state index in [0.29, 0.717) is 37.3 Å². The molecular weight excluding hydrogens is 431 g/mol. The molecule has 10 nitrogen and oxygen atoms in total. The van der Waals surface area contributed by atoms with Gasteiger partial charge in [0.25, 0.3) is 0 Å². The lowest BCUT2D eigenvalue weighted by molar-refractivity contribution is -0.121. The lowest BCUT2D eigenvalue weighted by atomic mass is 9.93. The fourth-order valence-corrected chi connectivity index (χ4v) is 4.05. The second kappa shape index (κ2) is 10.5. The Balaban J connectivity index is 1.56. The first kappa shape index (κ1) is 22.9. The van der Waals surface area contributed by atoms with Gasteiger partial charge in [-0.15, -0.1) is 0 Å². The quantitative estimate of drug-likeness (QED) is 0.346. The number of amides is 2. The largest absolute Gasteiger partial charge is 0.444 e. The maximum Gasteiger partial charge on any atom is 0.414 e. The van der Waals surface area contributed by atoms with E-state index in [0.717, 1.165) is 0 Å². The zero-order valence-corrected chi connectivity index (χ0v) is 17.5. The molecule has 3 rings (SSSR count). The van der Waals surface area contributed by atoms with Crippen LogP contribution in [0.25, 0.3) is 0 Å². The van der Waals surface area contributed by atoms with Gasteiger partial charge in [0, 0.05) is 25.9 Å². The maximum atomic E-state index is 14.8. The van der Waals surface area contributed by atoms with Crippen molar-refractivity contribution in [1.29, 1.82) is 5.26 Å². The van der Waals surface area contributed by atoms with Crippen molar-refractivity contribution in [3.63, 3.8) is 0 Å². The molecule has 2 aliphatic rings. The summed E-state index contributed by atoms with van der Waals surface area (Å²) in [6.45, 7) is 1.31. The summed E-state index contributed by atoms with van der Waals surface area (Å²) in [5, 5.41) is 10.6. The number of nitrogens with one attached hydrogen (secondary N) is 1. The standard InChI is InChI=1S/C19H23FN4O6S/c20-16-10-14(24-11-15(30-19(24)26)5-8-29-31(27)28)1-2-17(16)23-6-3-13(4-7-23)9-18(25)22-12-21/h1-2,10,13,15H,3-9,11H2,(H,22,25)(H,27,28)/t15-/m1/s1. The molecule has 0 radical (unpaired) electrons. The summed E-state index contributed by atoms with van der Waals surface area (Å²) >= 11 is -2.37. The molecule has 168 valence electrons. The monoisotopic (exact) mass is 454 g/mol. The number of cyclic esters (lactones) is 1. The third-order valence-electron chi connectivity index (χ3n) is 5.37. The molecule has 2 aliphatic heterocycles. The van der Waals surface area contributed by atoms with E-state index in [4.69, 9.17) is 14.6 Å². The summed E-state index contributed by atoms with van der Waals surface area (Å²) in [5.74, 6) is -0.618. The average Bonchev–Trinajstić information content (AvgIpc) is 3.09. The minimum Gasteiger partial charge on any atom is -0.444 e. The van der Waals surface area contributed by atoms with E-state index in [1.54, 1.807) is 18.3 Å². The maximum absolute atomic E-state index is 14.8. The minimum absolute atomic E-state index is 0.0453. The highest BCUT2D eigenvalue weighted by molar-refractivity contribution is 7.74. The van der Waals surface area contributed by atoms with Crippen LogP contribution in [0.15, 0.2) is 18.2 Å². The summed E-state index contributed by atoms with van der Waals surface area (Å²) in [4.78, 5) is 26.9. The average molecular weight is 454 g/mol. The predicted octanol–water partition coefficient (Wildman–Crippen LogP) is 1.90. The topological polar surface area (TPSA) is 132 Å². The lowest BCUT2D eigenvalue weighted by Crippen LogP contribution is -2.36. The van der Waals surface area contributed by atoms with Crippen LogP contribution in [0, 0.1) is 23.2 Å². The van der Waals surface area contributed by atoms with Gasteiger partial charge in [0.1, 0.15) is 11.9 Å². The number of anilines is 2. The van der Waals surface area contributed by atoms with Crippen molar-refractivity contribution in [1.82, 2.24) is 5.32 Å². The zero-order valence-electron chi connectivity index (χ0n) is 16.7. The van der Waals surface area contributed by atoms with Gasteiger partial charge in [-0.1, -0.05) is 0 Å². The van der Waals surface area contributed by atoms with Crippen LogP contribution in [0.2, 0.25) is 0 Å². The number of hydrogen-bond acceptors (Lipinski definition) is 7. The Hall–Kier alpha value is -2.75. The molecule has 0 aromatic heterocycles. The molecule has 31 heavy (non-hydrogen) atoms. The molecule has 2 heterocycles. The summed E-state index contributed by atoms with van der Waals surface area (Å²) < 4.78 is 43.7. The van der Waals surface area contributed by atoms with E-state index in [2.05, 4.69) is 9.50 Å². The first-order chi connectivity index (χ1) is 14.9. The zero-order chi connectivity index (χ0) is 22.4. The van der Waals surface area contributed by atoms with Crippen LogP contribution in [-0.2, 0) is 25.1 Å². The summed E-state index contributed by atoms with van der Waals surface area (Å²) in [5.41, 5.74) is 0.787. The Morgan fingerprint density at radius 2 is 2.16 bits per heavy atom. The number of carbonyl (C=O) groups excluding carboxylic acids is 2. The minimum atomic E-state index is -2.37. The lowest BCUT2D eigenvalue weighted by Gasteiger charge is -2.33. The first-order valence-corrected chi connectivity index (χ1v) is 10.8. The van der Waals surface area contributed by atoms with Gasteiger partial charge >= 0.3 is 17.5 Å². The van der Waals surface area contributed by atoms with Crippen LogP contribution in [0.1, 0.15) is 25.7 Å². The Morgan fingerprint density at radius 1 is 1.42 bits per heavy atom. The number of piperidine rings is 1. The predicted molar refractivity (Wildman–Crippen MR) is 109 cm³/mol. The van der Waals surface area contributed by atoms with Crippen LogP contribution in [0.5, 0.6) is 0 Å². The number of ether oxygens (including phenoxy) is 1. The molecule has 2 saturated heterocycles. The number of carbonyl (C=O) groups is 2. The number of benzene rings is 1. The molecule has 2 atom stereocenters. The van der Waals surface area contributed by atoms with Crippen LogP contribution < -0.4 is 15.1 Å². The molecule has 0 spiro atoms. The molecule has 1 unspecified atom stereocenters. The van der Waals surface area contributed by atoms with Crippen molar-refractivity contribution < 1.29 is 31.7 Å². The molecular formula is C19H23FN4O6S. The van der Waals surface area contributed by atoms with Gasteiger partial charge in [0.2, 0.25) is 5.91 Å². The van der Waals surface area contributed by atoms with Crippen molar-refractivity contribution >= 4 is 34.7 Å². The SMILES string of the molecule is N#CNC(=O)CC1CCN(c2ccc(N3C[C@@H](CCOS(=O)O)OC3=O)cc2F)CC1. The van der Waals surface area contributed by atoms with Crippen molar-refractivity contribution in [2.24, 2.45) is 5.92 Å². The Morgan fingerprint density at radius 3 is 2.81 bits per heavy atom. The van der Waals surface area contributed by atoms with Gasteiger partial charge in [0.05, 0.1) is 24.5 Å². The first-order valence-electron chi connectivity index (χ1n) is 9.82. The van der Waals surface area contributed by atoms with E-state index in [-0.39, 0.29) is 37.8 Å². The Labute approximate surface area is 181 Å². The number of halogens is 1. The highest BCUT2D eigenvalue weighted by Crippen LogP contribution is 2.31. The van der Waals surface area contributed by atoms with Crippen molar-refractivity contribution in [2.45, 2.75) is 31.8 Å². The van der Waals surface area contributed by atoms with Gasteiger partial charge < -0.3 is 9.64 Å². The highest BCUT2D eigenvalue weighted by Gasteiger charge is 2.33. The van der Waals surface area contributed by atoms with E-state index >= 15 is 0 Å². The fraction of sp³-hybridized carbons (Fsp3) is 0.526. The number of rotatable bonds is 8. The van der Waals surface area contributed by atoms with Crippen LogP contribution in [-0.4, -0.2) is 53.1 Å². The van der Waals surface area contributed by atoms with Gasteiger partial charge in [-0.3, -0.25) is 23.7 Å². The highest BCUT2D eigenvalue weighted by atomic mass is 32.2. The van der Waals surface area contributed by atoms with Crippen molar-refractivity contribution in [3.05, 3.63) is 24.0 Å². The molecule has 1 aromatic carbocycles. The molecule has 12 heteroatoms. The van der Waals surface area contributed by atoms with E-state index in [1.165, 1.54) is 11.0 Å².